The molecule has 0 saturated carbocycles. The lowest BCUT2D eigenvalue weighted by atomic mass is 9.72. The number of nitrogens with zero attached hydrogens (tertiary/aromatic N) is 3. The van der Waals surface area contributed by atoms with Gasteiger partial charge in [0.15, 0.2) is 0 Å². The third-order valence-corrected chi connectivity index (χ3v) is 8.30. The molecule has 5 rings (SSSR count). The van der Waals surface area contributed by atoms with Crippen LogP contribution in [0, 0.1) is 21.4 Å². The summed E-state index contributed by atoms with van der Waals surface area (Å²) >= 11 is 1.60. The maximum atomic E-state index is 13.4. The number of hydrogen-bond acceptors (Lipinski definition) is 6. The van der Waals surface area contributed by atoms with Crippen LogP contribution in [0.3, 0.4) is 0 Å². The zero-order valence-electron chi connectivity index (χ0n) is 21.6. The molecular weight excluding hydrogens is 500 g/mol. The molecule has 1 atom stereocenters. The molecule has 3 aromatic heterocycles. The summed E-state index contributed by atoms with van der Waals surface area (Å²) in [7, 11) is 0. The minimum absolute atomic E-state index is 0.0408. The monoisotopic (exact) mass is 530 g/mol. The van der Waals surface area contributed by atoms with Crippen molar-refractivity contribution in [3.63, 3.8) is 0 Å². The first kappa shape index (κ1) is 25.7. The Labute approximate surface area is 225 Å². The number of nitro benzene ring substituents is 1. The van der Waals surface area contributed by atoms with Gasteiger partial charge in [0.25, 0.3) is 11.6 Å². The van der Waals surface area contributed by atoms with E-state index < -0.39 is 4.92 Å². The normalized spacial score (nSPS) is 15.5. The highest BCUT2D eigenvalue weighted by Crippen LogP contribution is 2.45. The van der Waals surface area contributed by atoms with Crippen molar-refractivity contribution in [3.05, 3.63) is 98.6 Å². The Morgan fingerprint density at radius 1 is 1.24 bits per heavy atom. The molecular formula is C29H30N4O4S. The lowest BCUT2D eigenvalue weighted by Gasteiger charge is -2.33. The molecule has 1 amide bonds. The Morgan fingerprint density at radius 3 is 2.71 bits per heavy atom. The van der Waals surface area contributed by atoms with Crippen LogP contribution in [0.2, 0.25) is 0 Å². The van der Waals surface area contributed by atoms with Gasteiger partial charge in [-0.3, -0.25) is 14.9 Å². The van der Waals surface area contributed by atoms with Crippen LogP contribution in [0.25, 0.3) is 5.69 Å². The van der Waals surface area contributed by atoms with E-state index in [4.69, 9.17) is 9.41 Å². The van der Waals surface area contributed by atoms with Gasteiger partial charge in [0.05, 0.1) is 35.2 Å². The maximum Gasteiger partial charge on any atom is 0.269 e. The van der Waals surface area contributed by atoms with E-state index in [2.05, 4.69) is 26.1 Å². The highest BCUT2D eigenvalue weighted by atomic mass is 32.1. The smallest absolute Gasteiger partial charge is 0.269 e. The molecule has 1 aliphatic rings. The number of rotatable bonds is 7. The third-order valence-electron chi connectivity index (χ3n) is 7.13. The molecule has 0 spiro atoms. The van der Waals surface area contributed by atoms with E-state index in [0.29, 0.717) is 28.8 Å². The van der Waals surface area contributed by atoms with Gasteiger partial charge in [0.1, 0.15) is 10.8 Å². The van der Waals surface area contributed by atoms with Crippen LogP contribution in [0.1, 0.15) is 59.4 Å². The number of hydrogen-bond donors (Lipinski definition) is 1. The summed E-state index contributed by atoms with van der Waals surface area (Å²) in [5, 5.41) is 14.7. The van der Waals surface area contributed by atoms with Gasteiger partial charge in [-0.1, -0.05) is 20.8 Å². The van der Waals surface area contributed by atoms with Crippen molar-refractivity contribution in [2.75, 3.05) is 0 Å². The molecule has 0 aliphatic heterocycles. The Morgan fingerprint density at radius 2 is 2.03 bits per heavy atom. The van der Waals surface area contributed by atoms with Crippen LogP contribution in [0.15, 0.2) is 70.4 Å². The van der Waals surface area contributed by atoms with Crippen molar-refractivity contribution in [2.24, 2.45) is 16.3 Å². The topological polar surface area (TPSA) is 103 Å². The van der Waals surface area contributed by atoms with E-state index in [0.717, 1.165) is 36.2 Å². The second-order valence-corrected chi connectivity index (χ2v) is 11.7. The number of carbonyl (C=O) groups excluding carboxylic acids is 1. The molecule has 1 aliphatic carbocycles. The fourth-order valence-electron chi connectivity index (χ4n) is 4.90. The molecule has 0 bridgehead atoms. The van der Waals surface area contributed by atoms with Gasteiger partial charge < -0.3 is 14.3 Å². The number of benzene rings is 1. The van der Waals surface area contributed by atoms with Crippen molar-refractivity contribution in [2.45, 2.75) is 46.6 Å². The number of aromatic nitrogens is 1. The molecule has 8 nitrogen and oxygen atoms in total. The van der Waals surface area contributed by atoms with Crippen molar-refractivity contribution < 1.29 is 14.1 Å². The standard InChI is InChI=1S/C29H30N4O4S/c1-29(2,3)19-8-13-24-25(16-19)38-28(26(24)27(34)30-18-23-7-5-15-37-23)31-17-22-6-4-14-32(22)20-9-11-21(12-10-20)33(35)36/h4-7,9-12,14-15,17,19H,8,13,16,18H2,1-3H3,(H,30,34)/t19-/m0/s1. The van der Waals surface area contributed by atoms with Crippen LogP contribution in [0.5, 0.6) is 0 Å². The van der Waals surface area contributed by atoms with E-state index in [-0.39, 0.29) is 17.0 Å². The zero-order chi connectivity index (χ0) is 26.9. The van der Waals surface area contributed by atoms with E-state index >= 15 is 0 Å². The van der Waals surface area contributed by atoms with Crippen molar-refractivity contribution >= 4 is 34.1 Å². The number of furan rings is 1. The van der Waals surface area contributed by atoms with Crippen molar-refractivity contribution in [1.29, 1.82) is 0 Å². The average molecular weight is 531 g/mol. The average Bonchev–Trinajstić information content (AvgIpc) is 3.65. The summed E-state index contributed by atoms with van der Waals surface area (Å²) in [6, 6.07) is 13.8. The molecule has 0 fully saturated rings. The second-order valence-electron chi connectivity index (χ2n) is 10.6. The number of carbonyl (C=O) groups is 1. The minimum atomic E-state index is -0.414. The molecule has 196 valence electrons. The van der Waals surface area contributed by atoms with E-state index in [1.807, 2.05) is 29.0 Å². The quantitative estimate of drug-likeness (QED) is 0.160. The number of non-ortho nitro benzene ring substituents is 1. The molecule has 38 heavy (non-hydrogen) atoms. The third kappa shape index (κ3) is 5.33. The number of thiophene rings is 1. The van der Waals surface area contributed by atoms with E-state index in [1.54, 1.807) is 42.0 Å². The Kier molecular flexibility index (Phi) is 7.03. The summed E-state index contributed by atoms with van der Waals surface area (Å²) in [5.41, 5.74) is 3.58. The first-order valence-corrected chi connectivity index (χ1v) is 13.4. The zero-order valence-corrected chi connectivity index (χ0v) is 22.5. The van der Waals surface area contributed by atoms with Gasteiger partial charge in [0.2, 0.25) is 0 Å². The number of aliphatic imine (C=N–C) groups is 1. The summed E-state index contributed by atoms with van der Waals surface area (Å²) in [6.07, 6.45) is 8.06. The molecule has 3 heterocycles. The molecule has 0 saturated heterocycles. The SMILES string of the molecule is CC(C)(C)[C@H]1CCc2c(sc(N=Cc3cccn3-c3ccc([N+](=O)[O-])cc3)c2C(=O)NCc2ccco2)C1. The lowest BCUT2D eigenvalue weighted by Crippen LogP contribution is -2.28. The lowest BCUT2D eigenvalue weighted by molar-refractivity contribution is -0.384. The fourth-order valence-corrected chi connectivity index (χ4v) is 6.17. The van der Waals surface area contributed by atoms with Crippen LogP contribution in [-0.4, -0.2) is 21.6 Å². The Balaban J connectivity index is 1.46. The van der Waals surface area contributed by atoms with Crippen molar-refractivity contribution in [3.8, 4) is 5.69 Å². The summed E-state index contributed by atoms with van der Waals surface area (Å²) in [5.74, 6) is 1.09. The molecule has 9 heteroatoms. The fraction of sp³-hybridized carbons (Fsp3) is 0.310. The predicted octanol–water partition coefficient (Wildman–Crippen LogP) is 6.87. The summed E-state index contributed by atoms with van der Waals surface area (Å²) < 4.78 is 7.30. The second kappa shape index (κ2) is 10.4. The summed E-state index contributed by atoms with van der Waals surface area (Å²) in [6.45, 7) is 7.14. The highest BCUT2D eigenvalue weighted by molar-refractivity contribution is 7.16. The number of amides is 1. The minimum Gasteiger partial charge on any atom is -0.467 e. The van der Waals surface area contributed by atoms with E-state index in [1.165, 1.54) is 17.0 Å². The van der Waals surface area contributed by atoms with Crippen LogP contribution in [0.4, 0.5) is 10.7 Å². The van der Waals surface area contributed by atoms with Gasteiger partial charge in [-0.05, 0) is 72.6 Å². The van der Waals surface area contributed by atoms with Crippen molar-refractivity contribution in [1.82, 2.24) is 9.88 Å². The first-order chi connectivity index (χ1) is 18.2. The molecule has 1 aromatic carbocycles. The highest BCUT2D eigenvalue weighted by Gasteiger charge is 2.33. The van der Waals surface area contributed by atoms with Crippen LogP contribution >= 0.6 is 11.3 Å². The maximum absolute atomic E-state index is 13.4. The Hall–Kier alpha value is -3.98. The number of fused-ring (bicyclic) bond motifs is 1. The van der Waals surface area contributed by atoms with Gasteiger partial charge in [-0.25, -0.2) is 4.99 Å². The molecule has 4 aromatic rings. The molecule has 0 radical (unpaired) electrons. The molecule has 1 N–H and O–H groups in total. The summed E-state index contributed by atoms with van der Waals surface area (Å²) in [4.78, 5) is 30.1. The van der Waals surface area contributed by atoms with E-state index in [9.17, 15) is 14.9 Å². The number of nitrogens with one attached hydrogen (secondary N) is 1. The molecule has 0 unspecified atom stereocenters. The Bertz CT molecular complexity index is 1470. The van der Waals surface area contributed by atoms with Gasteiger partial charge in [-0.15, -0.1) is 11.3 Å². The van der Waals surface area contributed by atoms with Crippen LogP contribution < -0.4 is 5.32 Å². The van der Waals surface area contributed by atoms with Crippen LogP contribution in [-0.2, 0) is 19.4 Å². The largest absolute Gasteiger partial charge is 0.467 e. The first-order valence-electron chi connectivity index (χ1n) is 12.6. The van der Waals surface area contributed by atoms with Gasteiger partial charge >= 0.3 is 0 Å². The number of nitro groups is 1. The van der Waals surface area contributed by atoms with Gasteiger partial charge in [0, 0.05) is 28.9 Å². The van der Waals surface area contributed by atoms with Gasteiger partial charge in [-0.2, -0.15) is 0 Å². The predicted molar refractivity (Wildman–Crippen MR) is 149 cm³/mol.